The minimum Gasteiger partial charge on any atom is -0.321 e. The van der Waals surface area contributed by atoms with Crippen molar-refractivity contribution in [2.45, 2.75) is 33.2 Å². The Morgan fingerprint density at radius 2 is 1.93 bits per heavy atom. The van der Waals surface area contributed by atoms with Crippen molar-refractivity contribution in [1.29, 1.82) is 0 Å². The first kappa shape index (κ1) is 18.4. The largest absolute Gasteiger partial charge is 0.321 e. The van der Waals surface area contributed by atoms with Gasteiger partial charge >= 0.3 is 0 Å². The molecular formula is C22H25N2OS2+. The molecule has 3 heterocycles. The molecule has 5 heteroatoms. The van der Waals surface area contributed by atoms with Gasteiger partial charge in [-0.2, -0.15) is 0 Å². The molecule has 3 aromatic rings. The number of aryl methyl sites for hydroxylation is 3. The molecule has 0 aliphatic carbocycles. The fraction of sp³-hybridized carbons (Fsp3) is 0.318. The number of quaternary nitrogens is 1. The van der Waals surface area contributed by atoms with Crippen molar-refractivity contribution in [2.24, 2.45) is 0 Å². The molecule has 1 unspecified atom stereocenters. The van der Waals surface area contributed by atoms with Crippen molar-refractivity contribution >= 4 is 34.3 Å². The van der Waals surface area contributed by atoms with Crippen LogP contribution in [0.25, 0.3) is 0 Å². The molecule has 0 bridgehead atoms. The number of anilines is 1. The van der Waals surface area contributed by atoms with Gasteiger partial charge in [0.1, 0.15) is 6.04 Å². The highest BCUT2D eigenvalue weighted by Gasteiger charge is 2.35. The van der Waals surface area contributed by atoms with E-state index in [1.54, 1.807) is 11.3 Å². The minimum absolute atomic E-state index is 0.0975. The van der Waals surface area contributed by atoms with Crippen molar-refractivity contribution < 1.29 is 9.69 Å². The molecule has 0 spiro atoms. The lowest BCUT2D eigenvalue weighted by Gasteiger charge is -2.31. The lowest BCUT2D eigenvalue weighted by molar-refractivity contribution is -0.919. The molecule has 1 amide bonds. The number of fused-ring (bicyclic) bond motifs is 1. The van der Waals surface area contributed by atoms with Crippen LogP contribution in [0.3, 0.4) is 0 Å². The second-order valence-corrected chi connectivity index (χ2v) is 9.38. The number of thiophene rings is 2. The summed E-state index contributed by atoms with van der Waals surface area (Å²) in [5.41, 5.74) is 5.85. The molecule has 4 rings (SSSR count). The van der Waals surface area contributed by atoms with E-state index >= 15 is 0 Å². The SMILES string of the molecule is Cc1cc(C)c(NC(=O)C[NH+]2CCc3sccc3[C@H]2c2cccs2)c(C)c1. The number of hydrogen-bond donors (Lipinski definition) is 2. The number of amides is 1. The van der Waals surface area contributed by atoms with Crippen LogP contribution in [0.1, 0.15) is 38.0 Å². The average Bonchev–Trinajstić information content (AvgIpc) is 3.29. The third-order valence-electron chi connectivity index (χ3n) is 5.33. The Morgan fingerprint density at radius 1 is 1.15 bits per heavy atom. The van der Waals surface area contributed by atoms with Crippen molar-refractivity contribution in [3.05, 3.63) is 73.1 Å². The molecule has 27 heavy (non-hydrogen) atoms. The summed E-state index contributed by atoms with van der Waals surface area (Å²) in [5.74, 6) is 0.0975. The molecule has 0 saturated carbocycles. The lowest BCUT2D eigenvalue weighted by Crippen LogP contribution is -3.14. The van der Waals surface area contributed by atoms with E-state index in [9.17, 15) is 4.79 Å². The van der Waals surface area contributed by atoms with Gasteiger partial charge in [0.2, 0.25) is 0 Å². The van der Waals surface area contributed by atoms with Crippen molar-refractivity contribution in [2.75, 3.05) is 18.4 Å². The number of benzene rings is 1. The molecule has 2 atom stereocenters. The summed E-state index contributed by atoms with van der Waals surface area (Å²) in [6.07, 6.45) is 1.06. The van der Waals surface area contributed by atoms with Gasteiger partial charge in [0.05, 0.1) is 11.4 Å². The summed E-state index contributed by atoms with van der Waals surface area (Å²) in [6.45, 7) is 7.71. The first-order chi connectivity index (χ1) is 13.0. The van der Waals surface area contributed by atoms with Crippen LogP contribution >= 0.6 is 22.7 Å². The minimum atomic E-state index is 0.0975. The summed E-state index contributed by atoms with van der Waals surface area (Å²) < 4.78 is 0. The highest BCUT2D eigenvalue weighted by atomic mass is 32.1. The Balaban J connectivity index is 1.56. The number of rotatable bonds is 4. The second-order valence-electron chi connectivity index (χ2n) is 7.40. The van der Waals surface area contributed by atoms with Crippen LogP contribution < -0.4 is 10.2 Å². The monoisotopic (exact) mass is 397 g/mol. The molecule has 1 aliphatic rings. The van der Waals surface area contributed by atoms with E-state index in [0.29, 0.717) is 6.54 Å². The number of carbonyl (C=O) groups is 1. The zero-order valence-corrected chi connectivity index (χ0v) is 17.6. The van der Waals surface area contributed by atoms with Crippen LogP contribution in [0.2, 0.25) is 0 Å². The fourth-order valence-corrected chi connectivity index (χ4v) is 6.04. The Hall–Kier alpha value is -1.95. The van der Waals surface area contributed by atoms with E-state index in [0.717, 1.165) is 29.8 Å². The Labute approximate surface area is 168 Å². The van der Waals surface area contributed by atoms with Crippen LogP contribution in [-0.2, 0) is 11.2 Å². The van der Waals surface area contributed by atoms with E-state index < -0.39 is 0 Å². The topological polar surface area (TPSA) is 33.5 Å². The van der Waals surface area contributed by atoms with E-state index in [4.69, 9.17) is 0 Å². The molecular weight excluding hydrogens is 372 g/mol. The Kier molecular flexibility index (Phi) is 5.17. The van der Waals surface area contributed by atoms with Crippen molar-refractivity contribution in [3.63, 3.8) is 0 Å². The molecule has 0 radical (unpaired) electrons. The van der Waals surface area contributed by atoms with E-state index in [1.807, 2.05) is 11.3 Å². The maximum absolute atomic E-state index is 12.9. The van der Waals surface area contributed by atoms with Gasteiger partial charge in [0.25, 0.3) is 5.91 Å². The van der Waals surface area contributed by atoms with Crippen LogP contribution in [0, 0.1) is 20.8 Å². The van der Waals surface area contributed by atoms with E-state index in [2.05, 4.69) is 67.2 Å². The fourth-order valence-electron chi connectivity index (χ4n) is 4.22. The van der Waals surface area contributed by atoms with Gasteiger partial charge in [-0.3, -0.25) is 4.79 Å². The van der Waals surface area contributed by atoms with Crippen molar-refractivity contribution in [3.8, 4) is 0 Å². The molecule has 0 saturated heterocycles. The van der Waals surface area contributed by atoms with Gasteiger partial charge in [0, 0.05) is 22.5 Å². The smallest absolute Gasteiger partial charge is 0.279 e. The Morgan fingerprint density at radius 3 is 2.63 bits per heavy atom. The van der Waals surface area contributed by atoms with E-state index in [-0.39, 0.29) is 11.9 Å². The standard InChI is InChI=1S/C22H24N2OS2/c1-14-11-15(2)21(16(3)12-14)23-20(25)13-24-8-6-18-17(7-10-27-18)22(24)19-5-4-9-26-19/h4-5,7,9-12,22H,6,8,13H2,1-3H3,(H,23,25)/p+1/t22-/m0/s1. The summed E-state index contributed by atoms with van der Waals surface area (Å²) in [6, 6.07) is 11.1. The summed E-state index contributed by atoms with van der Waals surface area (Å²) in [7, 11) is 0. The van der Waals surface area contributed by atoms with Gasteiger partial charge < -0.3 is 10.2 Å². The van der Waals surface area contributed by atoms with Crippen LogP contribution in [-0.4, -0.2) is 19.0 Å². The van der Waals surface area contributed by atoms with Crippen LogP contribution in [0.5, 0.6) is 0 Å². The van der Waals surface area contributed by atoms with Crippen LogP contribution in [0.15, 0.2) is 41.1 Å². The molecule has 1 aliphatic heterocycles. The Bertz CT molecular complexity index is 936. The van der Waals surface area contributed by atoms with Gasteiger partial charge in [-0.15, -0.1) is 22.7 Å². The third-order valence-corrected chi connectivity index (χ3v) is 7.26. The summed E-state index contributed by atoms with van der Waals surface area (Å²) in [4.78, 5) is 17.1. The summed E-state index contributed by atoms with van der Waals surface area (Å²) >= 11 is 3.64. The quantitative estimate of drug-likeness (QED) is 0.688. The van der Waals surface area contributed by atoms with Gasteiger partial charge in [-0.25, -0.2) is 0 Å². The molecule has 140 valence electrons. The third kappa shape index (κ3) is 3.72. The molecule has 2 aromatic heterocycles. The molecule has 0 fully saturated rings. The predicted octanol–water partition coefficient (Wildman–Crippen LogP) is 3.90. The van der Waals surface area contributed by atoms with Crippen molar-refractivity contribution in [1.82, 2.24) is 0 Å². The number of nitrogens with one attached hydrogen (secondary N) is 2. The normalized spacial score (nSPS) is 18.9. The zero-order valence-electron chi connectivity index (χ0n) is 16.0. The molecule has 3 nitrogen and oxygen atoms in total. The van der Waals surface area contributed by atoms with Gasteiger partial charge in [0.15, 0.2) is 6.54 Å². The average molecular weight is 398 g/mol. The first-order valence-corrected chi connectivity index (χ1v) is 11.1. The number of carbonyl (C=O) groups excluding carboxylic acids is 1. The number of hydrogen-bond acceptors (Lipinski definition) is 3. The molecule has 2 N–H and O–H groups in total. The lowest BCUT2D eigenvalue weighted by atomic mass is 9.98. The van der Waals surface area contributed by atoms with E-state index in [1.165, 1.54) is 25.8 Å². The second kappa shape index (κ2) is 7.58. The first-order valence-electron chi connectivity index (χ1n) is 9.35. The maximum Gasteiger partial charge on any atom is 0.279 e. The maximum atomic E-state index is 12.9. The predicted molar refractivity (Wildman–Crippen MR) is 114 cm³/mol. The highest BCUT2D eigenvalue weighted by Crippen LogP contribution is 2.31. The molecule has 1 aromatic carbocycles. The van der Waals surface area contributed by atoms with Crippen LogP contribution in [0.4, 0.5) is 5.69 Å². The van der Waals surface area contributed by atoms with Gasteiger partial charge in [-0.1, -0.05) is 23.8 Å². The summed E-state index contributed by atoms with van der Waals surface area (Å²) in [5, 5.41) is 7.50. The highest BCUT2D eigenvalue weighted by molar-refractivity contribution is 7.10. The van der Waals surface area contributed by atoms with Gasteiger partial charge in [-0.05, 0) is 54.8 Å². The zero-order chi connectivity index (χ0) is 19.0.